The van der Waals surface area contributed by atoms with Crippen molar-refractivity contribution in [3.8, 4) is 0 Å². The molecule has 0 bridgehead atoms. The van der Waals surface area contributed by atoms with Gasteiger partial charge in [-0.3, -0.25) is 0 Å². The van der Waals surface area contributed by atoms with Crippen LogP contribution in [-0.2, 0) is 9.53 Å². The predicted octanol–water partition coefficient (Wildman–Crippen LogP) is -2.10. The van der Waals surface area contributed by atoms with E-state index in [1.165, 1.54) is 0 Å². The van der Waals surface area contributed by atoms with Crippen molar-refractivity contribution in [1.82, 2.24) is 0 Å². The molecule has 0 radical (unpaired) electrons. The van der Waals surface area contributed by atoms with Crippen LogP contribution in [0.3, 0.4) is 0 Å². The highest BCUT2D eigenvalue weighted by molar-refractivity contribution is 5.75. The number of hydrogen-bond acceptors (Lipinski definition) is 5. The van der Waals surface area contributed by atoms with Gasteiger partial charge in [0.05, 0.1) is 12.7 Å². The summed E-state index contributed by atoms with van der Waals surface area (Å²) in [6.45, 7) is -0.385. The summed E-state index contributed by atoms with van der Waals surface area (Å²) in [7, 11) is 0. The number of rotatable bonds is 1. The van der Waals surface area contributed by atoms with Crippen LogP contribution in [0.1, 0.15) is 6.42 Å². The Morgan fingerprint density at radius 3 is 2.42 bits per heavy atom. The van der Waals surface area contributed by atoms with E-state index in [0.717, 1.165) is 0 Å². The first kappa shape index (κ1) is 9.40. The van der Waals surface area contributed by atoms with Gasteiger partial charge in [-0.15, -0.1) is 0 Å². The van der Waals surface area contributed by atoms with Crippen LogP contribution < -0.4 is 0 Å². The second kappa shape index (κ2) is 2.98. The maximum Gasteiger partial charge on any atom is 0.364 e. The van der Waals surface area contributed by atoms with Gasteiger partial charge in [-0.1, -0.05) is 0 Å². The van der Waals surface area contributed by atoms with E-state index in [0.29, 0.717) is 0 Å². The summed E-state index contributed by atoms with van der Waals surface area (Å²) < 4.78 is 4.46. The Bertz CT molecular complexity index is 192. The lowest BCUT2D eigenvalue weighted by molar-refractivity contribution is -0.267. The number of carboxylic acids is 1. The third kappa shape index (κ3) is 1.56. The van der Waals surface area contributed by atoms with Gasteiger partial charge in [-0.25, -0.2) is 4.79 Å². The molecule has 1 aliphatic rings. The molecule has 0 spiro atoms. The summed E-state index contributed by atoms with van der Waals surface area (Å²) in [6, 6.07) is 0. The molecule has 0 aromatic rings. The first-order valence-corrected chi connectivity index (χ1v) is 3.41. The highest BCUT2D eigenvalue weighted by Gasteiger charge is 2.45. The highest BCUT2D eigenvalue weighted by atomic mass is 16.7. The molecule has 6 nitrogen and oxygen atoms in total. The van der Waals surface area contributed by atoms with E-state index >= 15 is 0 Å². The molecule has 0 aliphatic carbocycles. The van der Waals surface area contributed by atoms with Crippen molar-refractivity contribution < 1.29 is 30.0 Å². The number of hydrogen-bond donors (Lipinski definition) is 4. The topological polar surface area (TPSA) is 107 Å². The Labute approximate surface area is 68.0 Å². The summed E-state index contributed by atoms with van der Waals surface area (Å²) >= 11 is 0. The number of aliphatic carboxylic acids is 1. The minimum atomic E-state index is -2.36. The lowest BCUT2D eigenvalue weighted by Crippen LogP contribution is -2.53. The molecule has 1 fully saturated rings. The summed E-state index contributed by atoms with van der Waals surface area (Å²) in [6.07, 6.45) is -2.92. The van der Waals surface area contributed by atoms with Crippen molar-refractivity contribution in [3.05, 3.63) is 0 Å². The van der Waals surface area contributed by atoms with Crippen molar-refractivity contribution >= 4 is 5.97 Å². The van der Waals surface area contributed by atoms with Crippen LogP contribution in [0.5, 0.6) is 0 Å². The van der Waals surface area contributed by atoms with Gasteiger partial charge in [-0.05, 0) is 0 Å². The molecule has 0 unspecified atom stereocenters. The molecule has 6 heteroatoms. The van der Waals surface area contributed by atoms with Crippen LogP contribution in [0.15, 0.2) is 0 Å². The molecule has 1 saturated heterocycles. The average molecular weight is 178 g/mol. The smallest absolute Gasteiger partial charge is 0.364 e. The second-order valence-corrected chi connectivity index (χ2v) is 2.74. The van der Waals surface area contributed by atoms with Crippen LogP contribution in [0.25, 0.3) is 0 Å². The summed E-state index contributed by atoms with van der Waals surface area (Å²) in [4.78, 5) is 10.4. The third-order valence-corrected chi connectivity index (χ3v) is 1.76. The van der Waals surface area contributed by atoms with E-state index < -0.39 is 30.4 Å². The molecule has 12 heavy (non-hydrogen) atoms. The van der Waals surface area contributed by atoms with Crippen molar-refractivity contribution in [1.29, 1.82) is 0 Å². The fraction of sp³-hybridized carbons (Fsp3) is 0.833. The first-order chi connectivity index (χ1) is 5.46. The van der Waals surface area contributed by atoms with Gasteiger partial charge in [0.1, 0.15) is 6.10 Å². The molecule has 4 N–H and O–H groups in total. The van der Waals surface area contributed by atoms with E-state index in [1.54, 1.807) is 0 Å². The largest absolute Gasteiger partial charge is 0.477 e. The molecule has 0 aromatic carbocycles. The van der Waals surface area contributed by atoms with Crippen molar-refractivity contribution in [2.24, 2.45) is 0 Å². The van der Waals surface area contributed by atoms with E-state index in [2.05, 4.69) is 4.74 Å². The summed E-state index contributed by atoms with van der Waals surface area (Å²) in [5.41, 5.74) is 0. The van der Waals surface area contributed by atoms with Gasteiger partial charge in [0.15, 0.2) is 0 Å². The van der Waals surface area contributed by atoms with Gasteiger partial charge >= 0.3 is 5.97 Å². The van der Waals surface area contributed by atoms with E-state index in [4.69, 9.17) is 20.4 Å². The molecular weight excluding hydrogens is 168 g/mol. The zero-order valence-electron chi connectivity index (χ0n) is 6.17. The predicted molar refractivity (Wildman–Crippen MR) is 35.2 cm³/mol. The number of aliphatic hydroxyl groups excluding tert-OH is 2. The minimum absolute atomic E-state index is 0.385. The molecule has 0 amide bonds. The fourth-order valence-electron chi connectivity index (χ4n) is 0.962. The Morgan fingerprint density at radius 1 is 1.42 bits per heavy atom. The number of carboxylic acid groups (broad SMARTS) is 1. The second-order valence-electron chi connectivity index (χ2n) is 2.74. The minimum Gasteiger partial charge on any atom is -0.477 e. The maximum atomic E-state index is 10.4. The number of aliphatic hydroxyl groups is 3. The van der Waals surface area contributed by atoms with Crippen LogP contribution in [0, 0.1) is 0 Å². The summed E-state index contributed by atoms with van der Waals surface area (Å²) in [5.74, 6) is -3.92. The van der Waals surface area contributed by atoms with E-state index in [1.807, 2.05) is 0 Å². The van der Waals surface area contributed by atoms with Gasteiger partial charge in [0, 0.05) is 6.42 Å². The lowest BCUT2D eigenvalue weighted by atomic mass is 10.0. The molecule has 3 atom stereocenters. The molecule has 70 valence electrons. The average Bonchev–Trinajstić information content (AvgIpc) is 1.97. The SMILES string of the molecule is O=C(O)[C@@]1(O)C[C@H](O)[C@H](O)CO1. The van der Waals surface area contributed by atoms with Crippen molar-refractivity contribution in [2.45, 2.75) is 24.4 Å². The normalized spacial score (nSPS) is 42.6. The Balaban J connectivity index is 2.66. The fourth-order valence-corrected chi connectivity index (χ4v) is 0.962. The monoisotopic (exact) mass is 178 g/mol. The van der Waals surface area contributed by atoms with Crippen molar-refractivity contribution in [3.63, 3.8) is 0 Å². The van der Waals surface area contributed by atoms with Gasteiger partial charge in [-0.2, -0.15) is 0 Å². The molecule has 0 aromatic heterocycles. The summed E-state index contributed by atoms with van der Waals surface area (Å²) in [5, 5.41) is 35.5. The van der Waals surface area contributed by atoms with Gasteiger partial charge < -0.3 is 25.2 Å². The molecule has 1 aliphatic heterocycles. The van der Waals surface area contributed by atoms with Crippen LogP contribution in [0.4, 0.5) is 0 Å². The van der Waals surface area contributed by atoms with Crippen LogP contribution in [-0.4, -0.2) is 51.0 Å². The Morgan fingerprint density at radius 2 is 2.00 bits per heavy atom. The standard InChI is InChI=1S/C6H10O6/c7-3-1-6(11,5(9)10)12-2-4(3)8/h3-4,7-8,11H,1-2H2,(H,9,10)/t3-,4+,6+/m0/s1. The Kier molecular flexibility index (Phi) is 2.34. The maximum absolute atomic E-state index is 10.4. The van der Waals surface area contributed by atoms with E-state index in [-0.39, 0.29) is 6.61 Å². The molecule has 0 saturated carbocycles. The molecule has 1 heterocycles. The van der Waals surface area contributed by atoms with Crippen molar-refractivity contribution in [2.75, 3.05) is 6.61 Å². The van der Waals surface area contributed by atoms with Crippen LogP contribution >= 0.6 is 0 Å². The lowest BCUT2D eigenvalue weighted by Gasteiger charge is -2.33. The van der Waals surface area contributed by atoms with Gasteiger partial charge in [0.2, 0.25) is 0 Å². The van der Waals surface area contributed by atoms with Crippen LogP contribution in [0.2, 0.25) is 0 Å². The third-order valence-electron chi connectivity index (χ3n) is 1.76. The molecule has 1 rings (SSSR count). The first-order valence-electron chi connectivity index (χ1n) is 3.41. The number of carbonyl (C=O) groups is 1. The Hall–Kier alpha value is -0.690. The quantitative estimate of drug-likeness (QED) is 0.366. The molecular formula is C6H10O6. The van der Waals surface area contributed by atoms with Gasteiger partial charge in [0.25, 0.3) is 5.79 Å². The van der Waals surface area contributed by atoms with E-state index in [9.17, 15) is 4.79 Å². The zero-order chi connectivity index (χ0) is 9.35. The zero-order valence-corrected chi connectivity index (χ0v) is 6.17. The highest BCUT2D eigenvalue weighted by Crippen LogP contribution is 2.22. The number of ether oxygens (including phenoxy) is 1.